The largest absolute Gasteiger partial charge is 0.378 e. The van der Waals surface area contributed by atoms with E-state index in [1.165, 1.54) is 22.5 Å². The second kappa shape index (κ2) is 4.77. The average Bonchev–Trinajstić information content (AvgIpc) is 2.62. The van der Waals surface area contributed by atoms with Gasteiger partial charge in [0.1, 0.15) is 0 Å². The molecular formula is C20H26N2. The Bertz CT molecular complexity index is 684. The summed E-state index contributed by atoms with van der Waals surface area (Å²) >= 11 is 0. The normalized spacial score (nSPS) is 18.2. The third kappa shape index (κ3) is 2.01. The van der Waals surface area contributed by atoms with Gasteiger partial charge in [-0.2, -0.15) is 0 Å². The Morgan fingerprint density at radius 2 is 1.36 bits per heavy atom. The minimum atomic E-state index is -0.0355. The molecule has 0 aromatic heterocycles. The molecule has 0 saturated carbocycles. The van der Waals surface area contributed by atoms with Crippen molar-refractivity contribution in [2.45, 2.75) is 38.8 Å². The Morgan fingerprint density at radius 3 is 1.95 bits per heavy atom. The number of nitrogens with zero attached hydrogens (tertiary/aromatic N) is 2. The number of hydrogen-bond acceptors (Lipinski definition) is 2. The van der Waals surface area contributed by atoms with Crippen LogP contribution in [0.3, 0.4) is 0 Å². The summed E-state index contributed by atoms with van der Waals surface area (Å²) in [7, 11) is 4.20. The molecule has 0 radical (unpaired) electrons. The van der Waals surface area contributed by atoms with Gasteiger partial charge in [-0.25, -0.2) is 0 Å². The Hall–Kier alpha value is -1.96. The molecule has 3 rings (SSSR count). The molecule has 2 heteroatoms. The quantitative estimate of drug-likeness (QED) is 0.789. The van der Waals surface area contributed by atoms with Crippen LogP contribution >= 0.6 is 0 Å². The molecule has 0 bridgehead atoms. The molecule has 116 valence electrons. The summed E-state index contributed by atoms with van der Waals surface area (Å²) in [6.07, 6.45) is 0. The Labute approximate surface area is 134 Å². The van der Waals surface area contributed by atoms with E-state index in [0.717, 1.165) is 0 Å². The highest BCUT2D eigenvalue weighted by molar-refractivity contribution is 5.65. The number of hydrogen-bond donors (Lipinski definition) is 0. The minimum Gasteiger partial charge on any atom is -0.378 e. The van der Waals surface area contributed by atoms with Crippen molar-refractivity contribution in [2.24, 2.45) is 0 Å². The van der Waals surface area contributed by atoms with E-state index in [-0.39, 0.29) is 11.1 Å². The van der Waals surface area contributed by atoms with Crippen molar-refractivity contribution >= 4 is 11.4 Å². The van der Waals surface area contributed by atoms with Crippen molar-refractivity contribution in [2.75, 3.05) is 23.9 Å². The molecule has 0 fully saturated rings. The Morgan fingerprint density at radius 1 is 0.773 bits per heavy atom. The van der Waals surface area contributed by atoms with Crippen LogP contribution in [0.1, 0.15) is 38.8 Å². The molecule has 1 aliphatic rings. The second-order valence-electron chi connectivity index (χ2n) is 7.41. The fraction of sp³-hybridized carbons (Fsp3) is 0.400. The summed E-state index contributed by atoms with van der Waals surface area (Å²) in [5.41, 5.74) is 5.33. The summed E-state index contributed by atoms with van der Waals surface area (Å²) in [6, 6.07) is 17.6. The van der Waals surface area contributed by atoms with E-state index in [1.807, 2.05) is 0 Å². The standard InChI is InChI=1S/C20H26N2/c1-19(2)17-13-12-16(21(5)6)14-18(17)20(3,4)22(19)15-10-8-7-9-11-15/h7-14H,1-6H3. The lowest BCUT2D eigenvalue weighted by molar-refractivity contribution is 0.403. The molecule has 1 heterocycles. The fourth-order valence-electron chi connectivity index (χ4n) is 4.01. The van der Waals surface area contributed by atoms with E-state index in [1.54, 1.807) is 0 Å². The highest BCUT2D eigenvalue weighted by atomic mass is 15.3. The molecule has 0 unspecified atom stereocenters. The number of rotatable bonds is 2. The van der Waals surface area contributed by atoms with Gasteiger partial charge in [0.05, 0.1) is 11.1 Å². The maximum absolute atomic E-state index is 2.55. The van der Waals surface area contributed by atoms with Crippen molar-refractivity contribution < 1.29 is 0 Å². The van der Waals surface area contributed by atoms with Crippen molar-refractivity contribution in [3.8, 4) is 0 Å². The highest BCUT2D eigenvalue weighted by Gasteiger charge is 2.48. The minimum absolute atomic E-state index is 0.0228. The predicted molar refractivity (Wildman–Crippen MR) is 95.7 cm³/mol. The van der Waals surface area contributed by atoms with Crippen LogP contribution in [-0.4, -0.2) is 14.1 Å². The number of para-hydroxylation sites is 1. The molecule has 0 atom stereocenters. The first-order valence-corrected chi connectivity index (χ1v) is 7.94. The zero-order valence-electron chi connectivity index (χ0n) is 14.5. The number of anilines is 2. The average molecular weight is 294 g/mol. The van der Waals surface area contributed by atoms with Gasteiger partial charge in [0.25, 0.3) is 0 Å². The van der Waals surface area contributed by atoms with Gasteiger partial charge in [-0.15, -0.1) is 0 Å². The monoisotopic (exact) mass is 294 g/mol. The molecule has 0 aliphatic carbocycles. The molecule has 0 N–H and O–H groups in total. The summed E-state index contributed by atoms with van der Waals surface area (Å²) in [5.74, 6) is 0. The van der Waals surface area contributed by atoms with Gasteiger partial charge in [-0.1, -0.05) is 24.3 Å². The van der Waals surface area contributed by atoms with Gasteiger partial charge >= 0.3 is 0 Å². The van der Waals surface area contributed by atoms with Crippen LogP contribution in [-0.2, 0) is 11.1 Å². The van der Waals surface area contributed by atoms with E-state index in [4.69, 9.17) is 0 Å². The molecule has 2 aromatic carbocycles. The molecule has 22 heavy (non-hydrogen) atoms. The van der Waals surface area contributed by atoms with E-state index < -0.39 is 0 Å². The predicted octanol–water partition coefficient (Wildman–Crippen LogP) is 4.74. The molecule has 2 nitrogen and oxygen atoms in total. The van der Waals surface area contributed by atoms with Crippen LogP contribution < -0.4 is 9.80 Å². The molecule has 1 aliphatic heterocycles. The van der Waals surface area contributed by atoms with Gasteiger partial charge in [-0.3, -0.25) is 0 Å². The molecule has 0 saturated heterocycles. The summed E-state index contributed by atoms with van der Waals surface area (Å²) in [4.78, 5) is 4.72. The highest BCUT2D eigenvalue weighted by Crippen LogP contribution is 2.52. The zero-order valence-corrected chi connectivity index (χ0v) is 14.5. The van der Waals surface area contributed by atoms with E-state index >= 15 is 0 Å². The molecule has 2 aromatic rings. The van der Waals surface area contributed by atoms with Gasteiger partial charge in [-0.05, 0) is 63.1 Å². The number of fused-ring (bicyclic) bond motifs is 1. The first-order chi connectivity index (χ1) is 10.3. The third-order valence-corrected chi connectivity index (χ3v) is 4.97. The lowest BCUT2D eigenvalue weighted by Gasteiger charge is -2.43. The Kier molecular flexibility index (Phi) is 3.24. The topological polar surface area (TPSA) is 6.48 Å². The van der Waals surface area contributed by atoms with E-state index in [2.05, 4.69) is 100 Å². The third-order valence-electron chi connectivity index (χ3n) is 4.97. The van der Waals surface area contributed by atoms with Crippen LogP contribution in [0, 0.1) is 0 Å². The van der Waals surface area contributed by atoms with Gasteiger partial charge < -0.3 is 9.80 Å². The van der Waals surface area contributed by atoms with E-state index in [0.29, 0.717) is 0 Å². The van der Waals surface area contributed by atoms with Crippen LogP contribution in [0.5, 0.6) is 0 Å². The summed E-state index contributed by atoms with van der Waals surface area (Å²) in [5, 5.41) is 0. The van der Waals surface area contributed by atoms with Crippen molar-refractivity contribution in [3.63, 3.8) is 0 Å². The first kappa shape index (κ1) is 15.0. The smallest absolute Gasteiger partial charge is 0.0610 e. The molecular weight excluding hydrogens is 268 g/mol. The maximum atomic E-state index is 2.55. The van der Waals surface area contributed by atoms with Crippen molar-refractivity contribution in [3.05, 3.63) is 59.7 Å². The summed E-state index contributed by atoms with van der Waals surface area (Å²) in [6.45, 7) is 9.30. The lowest BCUT2D eigenvalue weighted by atomic mass is 9.90. The maximum Gasteiger partial charge on any atom is 0.0610 e. The fourth-order valence-corrected chi connectivity index (χ4v) is 4.01. The first-order valence-electron chi connectivity index (χ1n) is 7.94. The Balaban J connectivity index is 2.20. The lowest BCUT2D eigenvalue weighted by Crippen LogP contribution is -2.45. The second-order valence-corrected chi connectivity index (χ2v) is 7.41. The van der Waals surface area contributed by atoms with Gasteiger partial charge in [0.15, 0.2) is 0 Å². The van der Waals surface area contributed by atoms with Gasteiger partial charge in [0.2, 0.25) is 0 Å². The summed E-state index contributed by atoms with van der Waals surface area (Å²) < 4.78 is 0. The van der Waals surface area contributed by atoms with Gasteiger partial charge in [0, 0.05) is 25.5 Å². The van der Waals surface area contributed by atoms with E-state index in [9.17, 15) is 0 Å². The van der Waals surface area contributed by atoms with Crippen LogP contribution in [0.4, 0.5) is 11.4 Å². The SMILES string of the molecule is CN(C)c1ccc2c(c1)C(C)(C)N(c1ccccc1)C2(C)C. The van der Waals surface area contributed by atoms with Crippen LogP contribution in [0.25, 0.3) is 0 Å². The zero-order chi connectivity index (χ0) is 16.1. The molecule has 0 spiro atoms. The number of benzene rings is 2. The van der Waals surface area contributed by atoms with Crippen molar-refractivity contribution in [1.82, 2.24) is 0 Å². The van der Waals surface area contributed by atoms with Crippen LogP contribution in [0.15, 0.2) is 48.5 Å². The molecule has 0 amide bonds. The van der Waals surface area contributed by atoms with Crippen LogP contribution in [0.2, 0.25) is 0 Å². The van der Waals surface area contributed by atoms with Crippen molar-refractivity contribution in [1.29, 1.82) is 0 Å².